The fourth-order valence-electron chi connectivity index (χ4n) is 2.56. The molecule has 132 valence electrons. The predicted molar refractivity (Wildman–Crippen MR) is 91.6 cm³/mol. The van der Waals surface area contributed by atoms with Crippen LogP contribution in [0.1, 0.15) is 23.2 Å². The topological polar surface area (TPSA) is 79.4 Å². The van der Waals surface area contributed by atoms with Gasteiger partial charge in [-0.1, -0.05) is 11.6 Å². The standard InChI is InChI=1S/C16H15ClFN3O3S/c17-13-5-4-12(20-16(22)11-3-6-15(18)19-10-11)9-14(13)25(23,24)21-7-1-2-8-21/h3-6,9-10H,1-2,7-8H2,(H,20,22). The molecule has 2 aromatic rings. The molecule has 1 fully saturated rings. The van der Waals surface area contributed by atoms with Crippen molar-refractivity contribution in [1.29, 1.82) is 0 Å². The zero-order valence-corrected chi connectivity index (χ0v) is 14.6. The number of rotatable bonds is 4. The van der Waals surface area contributed by atoms with E-state index in [2.05, 4.69) is 10.3 Å². The number of hydrogen-bond donors (Lipinski definition) is 1. The number of carbonyl (C=O) groups excluding carboxylic acids is 1. The average molecular weight is 384 g/mol. The predicted octanol–water partition coefficient (Wildman–Crippen LogP) is 2.91. The number of aromatic nitrogens is 1. The van der Waals surface area contributed by atoms with Crippen LogP contribution in [0.25, 0.3) is 0 Å². The molecule has 1 aromatic heterocycles. The summed E-state index contributed by atoms with van der Waals surface area (Å²) in [5.41, 5.74) is 0.428. The lowest BCUT2D eigenvalue weighted by Gasteiger charge is -2.17. The maximum absolute atomic E-state index is 12.8. The van der Waals surface area contributed by atoms with E-state index in [-0.39, 0.29) is 21.2 Å². The highest BCUT2D eigenvalue weighted by molar-refractivity contribution is 7.89. The van der Waals surface area contributed by atoms with Gasteiger partial charge in [0.2, 0.25) is 16.0 Å². The van der Waals surface area contributed by atoms with E-state index in [0.717, 1.165) is 25.1 Å². The quantitative estimate of drug-likeness (QED) is 0.823. The van der Waals surface area contributed by atoms with Crippen LogP contribution in [0.15, 0.2) is 41.4 Å². The summed E-state index contributed by atoms with van der Waals surface area (Å²) in [5.74, 6) is -1.22. The largest absolute Gasteiger partial charge is 0.322 e. The van der Waals surface area contributed by atoms with Gasteiger partial charge in [-0.3, -0.25) is 4.79 Å². The first kappa shape index (κ1) is 17.8. The summed E-state index contributed by atoms with van der Waals surface area (Å²) in [5, 5.41) is 2.66. The molecule has 0 saturated carbocycles. The molecule has 1 amide bonds. The molecule has 1 aliphatic rings. The fraction of sp³-hybridized carbons (Fsp3) is 0.250. The summed E-state index contributed by atoms with van der Waals surface area (Å²) in [6.07, 6.45) is 2.72. The summed E-state index contributed by atoms with van der Waals surface area (Å²) in [4.78, 5) is 15.5. The third kappa shape index (κ3) is 3.81. The number of sulfonamides is 1. The molecule has 9 heteroatoms. The van der Waals surface area contributed by atoms with Crippen LogP contribution in [-0.4, -0.2) is 36.7 Å². The van der Waals surface area contributed by atoms with Crippen LogP contribution in [0.3, 0.4) is 0 Å². The Morgan fingerprint density at radius 3 is 2.56 bits per heavy atom. The molecule has 3 rings (SSSR count). The van der Waals surface area contributed by atoms with E-state index >= 15 is 0 Å². The molecular weight excluding hydrogens is 369 g/mol. The second kappa shape index (κ2) is 7.07. The Kier molecular flexibility index (Phi) is 5.03. The van der Waals surface area contributed by atoms with Crippen LogP contribution in [0.4, 0.5) is 10.1 Å². The first-order chi connectivity index (χ1) is 11.9. The molecule has 0 unspecified atom stereocenters. The smallest absolute Gasteiger partial charge is 0.257 e. The zero-order chi connectivity index (χ0) is 18.0. The Bertz CT molecular complexity index is 897. The van der Waals surface area contributed by atoms with E-state index in [1.807, 2.05) is 0 Å². The molecule has 25 heavy (non-hydrogen) atoms. The molecule has 0 radical (unpaired) electrons. The van der Waals surface area contributed by atoms with Gasteiger partial charge in [0.25, 0.3) is 5.91 Å². The summed E-state index contributed by atoms with van der Waals surface area (Å²) in [6, 6.07) is 6.60. The van der Waals surface area contributed by atoms with E-state index in [4.69, 9.17) is 11.6 Å². The van der Waals surface area contributed by atoms with Gasteiger partial charge in [0.1, 0.15) is 4.90 Å². The molecule has 6 nitrogen and oxygen atoms in total. The highest BCUT2D eigenvalue weighted by atomic mass is 35.5. The van der Waals surface area contributed by atoms with Gasteiger partial charge in [-0.15, -0.1) is 0 Å². The summed E-state index contributed by atoms with van der Waals surface area (Å²) >= 11 is 6.06. The minimum atomic E-state index is -3.71. The van der Waals surface area contributed by atoms with Gasteiger partial charge in [0.15, 0.2) is 0 Å². The van der Waals surface area contributed by atoms with Gasteiger partial charge in [-0.25, -0.2) is 13.4 Å². The van der Waals surface area contributed by atoms with Gasteiger partial charge in [0.05, 0.1) is 10.6 Å². The van der Waals surface area contributed by atoms with Crippen molar-refractivity contribution in [3.05, 3.63) is 53.1 Å². The number of hydrogen-bond acceptors (Lipinski definition) is 4. The number of anilines is 1. The molecule has 1 N–H and O–H groups in total. The highest BCUT2D eigenvalue weighted by Gasteiger charge is 2.29. The number of benzene rings is 1. The number of amides is 1. The molecule has 0 aliphatic carbocycles. The Morgan fingerprint density at radius 1 is 1.20 bits per heavy atom. The van der Waals surface area contributed by atoms with E-state index < -0.39 is 21.9 Å². The Hall–Kier alpha value is -2.03. The van der Waals surface area contributed by atoms with Gasteiger partial charge >= 0.3 is 0 Å². The molecule has 0 atom stereocenters. The molecule has 1 aromatic carbocycles. The van der Waals surface area contributed by atoms with Crippen LogP contribution in [-0.2, 0) is 10.0 Å². The number of nitrogens with one attached hydrogen (secondary N) is 1. The van der Waals surface area contributed by atoms with Crippen LogP contribution in [0.2, 0.25) is 5.02 Å². The lowest BCUT2D eigenvalue weighted by Crippen LogP contribution is -2.28. The van der Waals surface area contributed by atoms with Crippen molar-refractivity contribution >= 4 is 33.2 Å². The second-order valence-electron chi connectivity index (χ2n) is 5.58. The Labute approximate surface area is 149 Å². The van der Waals surface area contributed by atoms with Crippen LogP contribution >= 0.6 is 11.6 Å². The van der Waals surface area contributed by atoms with Crippen LogP contribution in [0, 0.1) is 5.95 Å². The molecule has 1 aliphatic heterocycles. The Balaban J connectivity index is 1.86. The van der Waals surface area contributed by atoms with Crippen molar-refractivity contribution < 1.29 is 17.6 Å². The van der Waals surface area contributed by atoms with Crippen LogP contribution < -0.4 is 5.32 Å². The monoisotopic (exact) mass is 383 g/mol. The SMILES string of the molecule is O=C(Nc1ccc(Cl)c(S(=O)(=O)N2CCCC2)c1)c1ccc(F)nc1. The summed E-state index contributed by atoms with van der Waals surface area (Å²) < 4.78 is 39.6. The zero-order valence-electron chi connectivity index (χ0n) is 13.1. The van der Waals surface area contributed by atoms with Crippen molar-refractivity contribution in [3.8, 4) is 0 Å². The molecule has 1 saturated heterocycles. The third-order valence-corrected chi connectivity index (χ3v) is 6.24. The van der Waals surface area contributed by atoms with Crippen molar-refractivity contribution in [2.45, 2.75) is 17.7 Å². The van der Waals surface area contributed by atoms with Crippen molar-refractivity contribution in [2.24, 2.45) is 0 Å². The first-order valence-corrected chi connectivity index (χ1v) is 9.42. The van der Waals surface area contributed by atoms with E-state index in [1.165, 1.54) is 28.6 Å². The summed E-state index contributed by atoms with van der Waals surface area (Å²) in [6.45, 7) is 0.910. The van der Waals surface area contributed by atoms with Crippen molar-refractivity contribution in [1.82, 2.24) is 9.29 Å². The molecular formula is C16H15ClFN3O3S. The Morgan fingerprint density at radius 2 is 1.92 bits per heavy atom. The first-order valence-electron chi connectivity index (χ1n) is 7.60. The molecule has 0 spiro atoms. The van der Waals surface area contributed by atoms with E-state index in [9.17, 15) is 17.6 Å². The van der Waals surface area contributed by atoms with Crippen molar-refractivity contribution in [3.63, 3.8) is 0 Å². The molecule has 0 bridgehead atoms. The average Bonchev–Trinajstić information content (AvgIpc) is 3.12. The van der Waals surface area contributed by atoms with Gasteiger partial charge in [-0.05, 0) is 43.2 Å². The fourth-order valence-corrected chi connectivity index (χ4v) is 4.58. The maximum Gasteiger partial charge on any atom is 0.257 e. The van der Waals surface area contributed by atoms with Gasteiger partial charge in [0, 0.05) is 25.0 Å². The lowest BCUT2D eigenvalue weighted by molar-refractivity contribution is 0.102. The van der Waals surface area contributed by atoms with Gasteiger partial charge < -0.3 is 5.32 Å². The van der Waals surface area contributed by atoms with Crippen LogP contribution in [0.5, 0.6) is 0 Å². The van der Waals surface area contributed by atoms with E-state index in [0.29, 0.717) is 13.1 Å². The number of pyridine rings is 1. The highest BCUT2D eigenvalue weighted by Crippen LogP contribution is 2.29. The molecule has 2 heterocycles. The number of carbonyl (C=O) groups is 1. The van der Waals surface area contributed by atoms with E-state index in [1.54, 1.807) is 0 Å². The number of halogens is 2. The summed E-state index contributed by atoms with van der Waals surface area (Å²) in [7, 11) is -3.71. The number of nitrogens with zero attached hydrogens (tertiary/aromatic N) is 2. The minimum absolute atomic E-state index is 0.0499. The third-order valence-electron chi connectivity index (χ3n) is 3.86. The van der Waals surface area contributed by atoms with Gasteiger partial charge in [-0.2, -0.15) is 8.70 Å². The normalized spacial score (nSPS) is 15.3. The van der Waals surface area contributed by atoms with Crippen molar-refractivity contribution in [2.75, 3.05) is 18.4 Å². The minimum Gasteiger partial charge on any atom is -0.322 e. The lowest BCUT2D eigenvalue weighted by atomic mass is 10.2. The maximum atomic E-state index is 12.8. The second-order valence-corrected chi connectivity index (χ2v) is 7.89.